The molecule has 0 atom stereocenters. The fourth-order valence-corrected chi connectivity index (χ4v) is 1.52. The average Bonchev–Trinajstić information content (AvgIpc) is 2.43. The van der Waals surface area contributed by atoms with Gasteiger partial charge in [0.2, 0.25) is 5.71 Å². The van der Waals surface area contributed by atoms with Gasteiger partial charge < -0.3 is 4.74 Å². The van der Waals surface area contributed by atoms with E-state index in [9.17, 15) is 14.9 Å². The number of carbonyl (C=O) groups is 1. The van der Waals surface area contributed by atoms with Gasteiger partial charge in [0.05, 0.1) is 11.5 Å². The summed E-state index contributed by atoms with van der Waals surface area (Å²) in [7, 11) is 0. The molecule has 0 saturated carbocycles. The molecule has 1 aromatic carbocycles. The minimum absolute atomic E-state index is 0.100. The van der Waals surface area contributed by atoms with Crippen LogP contribution in [0.4, 0.5) is 11.4 Å². The maximum absolute atomic E-state index is 11.4. The summed E-state index contributed by atoms with van der Waals surface area (Å²) in [4.78, 5) is 21.8. The second-order valence-corrected chi connectivity index (χ2v) is 4.06. The van der Waals surface area contributed by atoms with Crippen molar-refractivity contribution < 1.29 is 14.5 Å². The first kappa shape index (κ1) is 16.1. The summed E-state index contributed by atoms with van der Waals surface area (Å²) in [5.41, 5.74) is 3.27. The Morgan fingerprint density at radius 2 is 2.19 bits per heavy atom. The van der Waals surface area contributed by atoms with E-state index in [2.05, 4.69) is 15.3 Å². The number of nitro benzene ring substituents is 1. The van der Waals surface area contributed by atoms with Crippen LogP contribution in [-0.4, -0.2) is 23.2 Å². The van der Waals surface area contributed by atoms with Gasteiger partial charge in [-0.25, -0.2) is 4.79 Å². The second kappa shape index (κ2) is 7.00. The zero-order chi connectivity index (χ0) is 16.0. The van der Waals surface area contributed by atoms with Gasteiger partial charge in [-0.2, -0.15) is 10.4 Å². The molecule has 1 N–H and O–H groups in total. The van der Waals surface area contributed by atoms with Crippen LogP contribution in [0.3, 0.4) is 0 Å². The Labute approximate surface area is 121 Å². The molecule has 8 heteroatoms. The molecule has 0 heterocycles. The summed E-state index contributed by atoms with van der Waals surface area (Å²) in [5.74, 6) is -0.888. The number of aryl methyl sites for hydroxylation is 1. The van der Waals surface area contributed by atoms with E-state index >= 15 is 0 Å². The van der Waals surface area contributed by atoms with Gasteiger partial charge in [-0.15, -0.1) is 0 Å². The highest BCUT2D eigenvalue weighted by Crippen LogP contribution is 2.30. The number of carbonyl (C=O) groups excluding carboxylic acids is 1. The largest absolute Gasteiger partial charge is 0.461 e. The molecule has 0 saturated heterocycles. The lowest BCUT2D eigenvalue weighted by Gasteiger charge is -2.08. The fourth-order valence-electron chi connectivity index (χ4n) is 1.52. The summed E-state index contributed by atoms with van der Waals surface area (Å²) in [5, 5.41) is 23.4. The van der Waals surface area contributed by atoms with Gasteiger partial charge in [0.1, 0.15) is 11.8 Å². The van der Waals surface area contributed by atoms with Crippen molar-refractivity contribution in [2.45, 2.75) is 20.8 Å². The van der Waals surface area contributed by atoms with Crippen LogP contribution in [0, 0.1) is 35.3 Å². The first-order valence-electron chi connectivity index (χ1n) is 6.07. The van der Waals surface area contributed by atoms with E-state index in [4.69, 9.17) is 5.26 Å². The van der Waals surface area contributed by atoms with Crippen molar-refractivity contribution in [3.63, 3.8) is 0 Å². The van der Waals surface area contributed by atoms with Gasteiger partial charge in [-0.3, -0.25) is 15.5 Å². The highest BCUT2D eigenvalue weighted by molar-refractivity contribution is 6.43. The Kier molecular flexibility index (Phi) is 5.37. The lowest BCUT2D eigenvalue weighted by Crippen LogP contribution is -2.17. The minimum Gasteiger partial charge on any atom is -0.461 e. The van der Waals surface area contributed by atoms with Crippen LogP contribution in [0.1, 0.15) is 18.1 Å². The highest BCUT2D eigenvalue weighted by Gasteiger charge is 2.18. The number of benzene rings is 1. The SMILES string of the molecule is CCOC(=O)/C(C#N)=N\Nc1c([N+](=O)[O-])ccc(C)c1C. The van der Waals surface area contributed by atoms with E-state index in [0.29, 0.717) is 5.56 Å². The molecule has 0 fully saturated rings. The Balaban J connectivity index is 3.18. The van der Waals surface area contributed by atoms with E-state index in [-0.39, 0.29) is 18.0 Å². The van der Waals surface area contributed by atoms with Crippen molar-refractivity contribution in [1.29, 1.82) is 5.26 Å². The van der Waals surface area contributed by atoms with Crippen molar-refractivity contribution in [1.82, 2.24) is 0 Å². The van der Waals surface area contributed by atoms with Gasteiger partial charge in [0, 0.05) is 6.07 Å². The minimum atomic E-state index is -0.888. The Bertz CT molecular complexity index is 646. The number of hydrogen-bond donors (Lipinski definition) is 1. The van der Waals surface area contributed by atoms with Crippen molar-refractivity contribution in [3.8, 4) is 6.07 Å². The average molecular weight is 290 g/mol. The third-order valence-corrected chi connectivity index (χ3v) is 2.76. The molecule has 0 radical (unpaired) electrons. The van der Waals surface area contributed by atoms with Gasteiger partial charge in [0.25, 0.3) is 5.69 Å². The first-order chi connectivity index (χ1) is 9.92. The number of nitrogens with one attached hydrogen (secondary N) is 1. The van der Waals surface area contributed by atoms with Crippen LogP contribution >= 0.6 is 0 Å². The summed E-state index contributed by atoms with van der Waals surface area (Å²) in [6.07, 6.45) is 0. The van der Waals surface area contributed by atoms with Gasteiger partial charge in [-0.05, 0) is 31.9 Å². The normalized spacial score (nSPS) is 10.7. The highest BCUT2D eigenvalue weighted by atomic mass is 16.6. The molecular formula is C13H14N4O4. The molecule has 1 rings (SSSR count). The maximum Gasteiger partial charge on any atom is 0.369 e. The number of esters is 1. The molecule has 0 unspecified atom stereocenters. The third kappa shape index (κ3) is 3.76. The molecule has 0 spiro atoms. The number of nitrogens with zero attached hydrogens (tertiary/aromatic N) is 3. The molecule has 110 valence electrons. The molecule has 0 aromatic heterocycles. The molecule has 8 nitrogen and oxygen atoms in total. The predicted octanol–water partition coefficient (Wildman–Crippen LogP) is 2.07. The molecule has 1 aromatic rings. The van der Waals surface area contributed by atoms with E-state index in [1.807, 2.05) is 0 Å². The second-order valence-electron chi connectivity index (χ2n) is 4.06. The van der Waals surface area contributed by atoms with Gasteiger partial charge >= 0.3 is 5.97 Å². The zero-order valence-corrected chi connectivity index (χ0v) is 11.8. The van der Waals surface area contributed by atoms with E-state index in [1.54, 1.807) is 32.9 Å². The Morgan fingerprint density at radius 3 is 2.71 bits per heavy atom. The number of anilines is 1. The van der Waals surface area contributed by atoms with Crippen molar-refractivity contribution >= 4 is 23.1 Å². The van der Waals surface area contributed by atoms with Crippen LogP contribution in [0.25, 0.3) is 0 Å². The Morgan fingerprint density at radius 1 is 1.52 bits per heavy atom. The molecule has 0 aliphatic heterocycles. The number of hydrazone groups is 1. The summed E-state index contributed by atoms with van der Waals surface area (Å²) < 4.78 is 4.65. The third-order valence-electron chi connectivity index (χ3n) is 2.76. The van der Waals surface area contributed by atoms with Crippen LogP contribution < -0.4 is 5.43 Å². The standard InChI is InChI=1S/C13H14N4O4/c1-4-21-13(18)10(7-14)15-16-12-9(3)8(2)5-6-11(12)17(19)20/h5-6,16H,4H2,1-3H3/b15-10-. The smallest absolute Gasteiger partial charge is 0.369 e. The van der Waals surface area contributed by atoms with Crippen LogP contribution in [0.5, 0.6) is 0 Å². The van der Waals surface area contributed by atoms with E-state index < -0.39 is 16.6 Å². The summed E-state index contributed by atoms with van der Waals surface area (Å²) >= 11 is 0. The number of rotatable bonds is 5. The van der Waals surface area contributed by atoms with Crippen molar-refractivity contribution in [3.05, 3.63) is 33.4 Å². The van der Waals surface area contributed by atoms with Crippen LogP contribution in [0.2, 0.25) is 0 Å². The summed E-state index contributed by atoms with van der Waals surface area (Å²) in [6, 6.07) is 4.52. The molecule has 0 aliphatic carbocycles. The van der Waals surface area contributed by atoms with Crippen molar-refractivity contribution in [2.75, 3.05) is 12.0 Å². The molecule has 0 bridgehead atoms. The lowest BCUT2D eigenvalue weighted by atomic mass is 10.1. The lowest BCUT2D eigenvalue weighted by molar-refractivity contribution is -0.384. The first-order valence-corrected chi connectivity index (χ1v) is 6.07. The maximum atomic E-state index is 11.4. The molecule has 21 heavy (non-hydrogen) atoms. The molecule has 0 amide bonds. The fraction of sp³-hybridized carbons (Fsp3) is 0.308. The number of nitriles is 1. The van der Waals surface area contributed by atoms with Gasteiger partial charge in [0.15, 0.2) is 0 Å². The number of ether oxygens (including phenoxy) is 1. The van der Waals surface area contributed by atoms with Crippen LogP contribution in [-0.2, 0) is 9.53 Å². The monoisotopic (exact) mass is 290 g/mol. The number of nitro groups is 1. The molecular weight excluding hydrogens is 276 g/mol. The molecule has 0 aliphatic rings. The number of hydrogen-bond acceptors (Lipinski definition) is 7. The van der Waals surface area contributed by atoms with Crippen molar-refractivity contribution in [2.24, 2.45) is 5.10 Å². The quantitative estimate of drug-likeness (QED) is 0.384. The van der Waals surface area contributed by atoms with Crippen LogP contribution in [0.15, 0.2) is 17.2 Å². The zero-order valence-electron chi connectivity index (χ0n) is 11.8. The summed E-state index contributed by atoms with van der Waals surface area (Å²) in [6.45, 7) is 5.15. The van der Waals surface area contributed by atoms with E-state index in [1.165, 1.54) is 6.07 Å². The topological polar surface area (TPSA) is 118 Å². The predicted molar refractivity (Wildman–Crippen MR) is 75.9 cm³/mol. The van der Waals surface area contributed by atoms with E-state index in [0.717, 1.165) is 5.56 Å². The Hall–Kier alpha value is -2.95. The van der Waals surface area contributed by atoms with Gasteiger partial charge in [-0.1, -0.05) is 6.07 Å².